The van der Waals surface area contributed by atoms with Gasteiger partial charge in [0.2, 0.25) is 0 Å². The number of Topliss-reactive ketones (excluding diaryl/α,β-unsaturated/α-hetero) is 1. The van der Waals surface area contributed by atoms with E-state index in [2.05, 4.69) is 11.4 Å². The summed E-state index contributed by atoms with van der Waals surface area (Å²) in [5.41, 5.74) is 0.875. The van der Waals surface area contributed by atoms with Crippen molar-refractivity contribution in [2.75, 3.05) is 0 Å². The molecule has 0 saturated carbocycles. The van der Waals surface area contributed by atoms with Crippen molar-refractivity contribution < 1.29 is 14.0 Å². The van der Waals surface area contributed by atoms with Gasteiger partial charge in [-0.2, -0.15) is 0 Å². The predicted octanol–water partition coefficient (Wildman–Crippen LogP) is 2.37. The van der Waals surface area contributed by atoms with Gasteiger partial charge in [0.05, 0.1) is 0 Å². The molecule has 0 bridgehead atoms. The second-order valence-corrected chi connectivity index (χ2v) is 7.59. The van der Waals surface area contributed by atoms with Crippen LogP contribution in [0.2, 0.25) is 5.32 Å². The van der Waals surface area contributed by atoms with Crippen molar-refractivity contribution in [1.29, 1.82) is 10.5 Å². The summed E-state index contributed by atoms with van der Waals surface area (Å²) in [7, 11) is 0. The second-order valence-electron chi connectivity index (χ2n) is 5.52. The SMILES string of the molecule is N#CC1=C([Se]CC(=O)c2ccccc2)NC(=O)C(C#N)C1c1ccco1. The van der Waals surface area contributed by atoms with Crippen LogP contribution < -0.4 is 5.32 Å². The van der Waals surface area contributed by atoms with E-state index in [0.29, 0.717) is 15.9 Å². The molecule has 2 heterocycles. The third-order valence-electron chi connectivity index (χ3n) is 3.96. The normalized spacial score (nSPS) is 19.4. The van der Waals surface area contributed by atoms with Crippen LogP contribution in [0.4, 0.5) is 0 Å². The van der Waals surface area contributed by atoms with Crippen molar-refractivity contribution in [2.45, 2.75) is 11.2 Å². The van der Waals surface area contributed by atoms with Crippen molar-refractivity contribution in [3.8, 4) is 12.1 Å². The minimum atomic E-state index is -1.04. The van der Waals surface area contributed by atoms with Gasteiger partial charge < -0.3 is 0 Å². The standard InChI is InChI=1S/C19H13N3O3Se/c20-9-13-17(16-7-4-8-25-16)14(10-21)19(22-18(13)24)26-11-15(23)12-5-2-1-3-6-12/h1-8,13,17H,11H2,(H,22,24). The molecule has 1 aromatic heterocycles. The Bertz CT molecular complexity index is 937. The number of allylic oxidation sites excluding steroid dienone is 1. The fraction of sp³-hybridized carbons (Fsp3) is 0.158. The van der Waals surface area contributed by atoms with E-state index in [1.807, 2.05) is 12.1 Å². The van der Waals surface area contributed by atoms with Crippen molar-refractivity contribution in [3.63, 3.8) is 0 Å². The van der Waals surface area contributed by atoms with Crippen LogP contribution in [0.25, 0.3) is 0 Å². The van der Waals surface area contributed by atoms with Gasteiger partial charge in [-0.1, -0.05) is 0 Å². The summed E-state index contributed by atoms with van der Waals surface area (Å²) >= 11 is -0.446. The average Bonchev–Trinajstić information content (AvgIpc) is 3.20. The first-order chi connectivity index (χ1) is 12.7. The Morgan fingerprint density at radius 1 is 1.19 bits per heavy atom. The van der Waals surface area contributed by atoms with Gasteiger partial charge in [-0.25, -0.2) is 0 Å². The molecule has 1 amide bonds. The molecule has 1 aromatic carbocycles. The summed E-state index contributed by atoms with van der Waals surface area (Å²) in [5, 5.41) is 21.8. The number of benzene rings is 1. The molecule has 7 heteroatoms. The molecule has 0 saturated heterocycles. The molecule has 0 aliphatic carbocycles. The predicted molar refractivity (Wildman–Crippen MR) is 92.7 cm³/mol. The van der Waals surface area contributed by atoms with Gasteiger partial charge in [0.25, 0.3) is 0 Å². The van der Waals surface area contributed by atoms with E-state index < -0.39 is 32.7 Å². The summed E-state index contributed by atoms with van der Waals surface area (Å²) in [6.07, 6.45) is 1.44. The number of hydrogen-bond donors (Lipinski definition) is 1. The Morgan fingerprint density at radius 3 is 2.58 bits per heavy atom. The van der Waals surface area contributed by atoms with E-state index in [-0.39, 0.29) is 16.7 Å². The molecule has 26 heavy (non-hydrogen) atoms. The van der Waals surface area contributed by atoms with Gasteiger partial charge in [0.15, 0.2) is 0 Å². The molecule has 6 nitrogen and oxygen atoms in total. The molecule has 3 rings (SSSR count). The number of nitrogens with one attached hydrogen (secondary N) is 1. The zero-order valence-corrected chi connectivity index (χ0v) is 15.2. The number of hydrogen-bond acceptors (Lipinski definition) is 5. The third-order valence-corrected chi connectivity index (χ3v) is 6.09. The Morgan fingerprint density at radius 2 is 1.96 bits per heavy atom. The van der Waals surface area contributed by atoms with Crippen molar-refractivity contribution in [3.05, 3.63) is 70.2 Å². The van der Waals surface area contributed by atoms with Gasteiger partial charge in [0, 0.05) is 0 Å². The molecule has 2 aromatic rings. The first-order valence-corrected chi connectivity index (χ1v) is 9.81. The van der Waals surface area contributed by atoms with Crippen LogP contribution >= 0.6 is 0 Å². The van der Waals surface area contributed by atoms with E-state index in [9.17, 15) is 20.1 Å². The zero-order valence-electron chi connectivity index (χ0n) is 13.5. The number of carbonyl (C=O) groups is 2. The Kier molecular flexibility index (Phi) is 5.34. The zero-order chi connectivity index (χ0) is 18.5. The molecular formula is C19H13N3O3Se. The van der Waals surface area contributed by atoms with E-state index in [0.717, 1.165) is 0 Å². The van der Waals surface area contributed by atoms with E-state index in [1.165, 1.54) is 6.26 Å². The number of rotatable bonds is 5. The number of nitrogens with zero attached hydrogens (tertiary/aromatic N) is 2. The summed E-state index contributed by atoms with van der Waals surface area (Å²) in [4.78, 5) is 24.6. The van der Waals surface area contributed by atoms with Crippen molar-refractivity contribution in [1.82, 2.24) is 5.32 Å². The van der Waals surface area contributed by atoms with Crippen LogP contribution in [0.3, 0.4) is 0 Å². The Balaban J connectivity index is 1.89. The molecule has 1 aliphatic heterocycles. The molecule has 2 unspecified atom stereocenters. The summed E-state index contributed by atoms with van der Waals surface area (Å²) < 4.78 is 5.78. The number of ketones is 1. The van der Waals surface area contributed by atoms with Crippen LogP contribution in [0, 0.1) is 28.6 Å². The second kappa shape index (κ2) is 7.84. The molecule has 1 aliphatic rings. The molecular weight excluding hydrogens is 397 g/mol. The summed E-state index contributed by atoms with van der Waals surface area (Å²) in [5.74, 6) is -1.93. The summed E-state index contributed by atoms with van der Waals surface area (Å²) in [6.45, 7) is 0. The van der Waals surface area contributed by atoms with Crippen LogP contribution in [0.1, 0.15) is 22.0 Å². The molecule has 1 N–H and O–H groups in total. The van der Waals surface area contributed by atoms with Gasteiger partial charge in [-0.3, -0.25) is 0 Å². The molecule has 2 atom stereocenters. The average molecular weight is 410 g/mol. The van der Waals surface area contributed by atoms with E-state index in [4.69, 9.17) is 4.42 Å². The van der Waals surface area contributed by atoms with Crippen molar-refractivity contribution >= 4 is 26.6 Å². The van der Waals surface area contributed by atoms with Crippen LogP contribution in [-0.4, -0.2) is 26.6 Å². The maximum atomic E-state index is 12.3. The maximum absolute atomic E-state index is 12.3. The van der Waals surface area contributed by atoms with Crippen LogP contribution in [-0.2, 0) is 4.79 Å². The quantitative estimate of drug-likeness (QED) is 0.602. The molecule has 128 valence electrons. The van der Waals surface area contributed by atoms with Crippen LogP contribution in [0.5, 0.6) is 0 Å². The number of furan rings is 1. The molecule has 0 radical (unpaired) electrons. The summed E-state index contributed by atoms with van der Waals surface area (Å²) in [6, 6.07) is 16.2. The first kappa shape index (κ1) is 17.7. The number of carbonyl (C=O) groups excluding carboxylic acids is 2. The minimum absolute atomic E-state index is 0.0541. The number of nitriles is 2. The molecule has 0 fully saturated rings. The van der Waals surface area contributed by atoms with Gasteiger partial charge in [0.1, 0.15) is 0 Å². The van der Waals surface area contributed by atoms with E-state index >= 15 is 0 Å². The third kappa shape index (κ3) is 3.45. The van der Waals surface area contributed by atoms with E-state index in [1.54, 1.807) is 36.4 Å². The monoisotopic (exact) mass is 411 g/mol. The molecule has 0 spiro atoms. The van der Waals surface area contributed by atoms with Crippen molar-refractivity contribution in [2.24, 2.45) is 5.92 Å². The van der Waals surface area contributed by atoms with Gasteiger partial charge in [-0.15, -0.1) is 0 Å². The first-order valence-electron chi connectivity index (χ1n) is 7.75. The van der Waals surface area contributed by atoms with Gasteiger partial charge >= 0.3 is 156 Å². The Hall–Kier alpha value is -3.12. The topological polar surface area (TPSA) is 107 Å². The fourth-order valence-corrected chi connectivity index (χ4v) is 4.68. The fourth-order valence-electron chi connectivity index (χ4n) is 2.70. The van der Waals surface area contributed by atoms with Gasteiger partial charge in [-0.05, 0) is 0 Å². The number of amides is 1. The van der Waals surface area contributed by atoms with Crippen LogP contribution in [0.15, 0.2) is 63.3 Å². The Labute approximate surface area is 156 Å².